The summed E-state index contributed by atoms with van der Waals surface area (Å²) in [5.74, 6) is -1.10. The third-order valence-corrected chi connectivity index (χ3v) is 3.13. The number of thiophene rings is 1. The lowest BCUT2D eigenvalue weighted by Gasteiger charge is -2.03. The average molecular weight is 245 g/mol. The third kappa shape index (κ3) is 2.79. The van der Waals surface area contributed by atoms with Gasteiger partial charge in [0.05, 0.1) is 4.88 Å². The lowest BCUT2D eigenvalue weighted by Crippen LogP contribution is -2.21. The Morgan fingerprint density at radius 1 is 1.12 bits per heavy atom. The predicted octanol–water partition coefficient (Wildman–Crippen LogP) is 2.88. The number of rotatable bonds is 3. The zero-order valence-electron chi connectivity index (χ0n) is 9.27. The van der Waals surface area contributed by atoms with Gasteiger partial charge in [0.15, 0.2) is 0 Å². The highest BCUT2D eigenvalue weighted by molar-refractivity contribution is 7.13. The van der Waals surface area contributed by atoms with Gasteiger partial charge < -0.3 is 5.32 Å². The molecule has 0 saturated carbocycles. The highest BCUT2D eigenvalue weighted by Crippen LogP contribution is 2.12. The normalized spacial score (nSPS) is 9.94. The van der Waals surface area contributed by atoms with E-state index in [1.54, 1.807) is 29.6 Å². The Labute approximate surface area is 103 Å². The highest BCUT2D eigenvalue weighted by atomic mass is 32.1. The molecular formula is C13H11NO2S. The summed E-state index contributed by atoms with van der Waals surface area (Å²) in [7, 11) is 0. The van der Waals surface area contributed by atoms with Crippen LogP contribution in [0.4, 0.5) is 5.69 Å². The van der Waals surface area contributed by atoms with E-state index in [1.807, 2.05) is 19.1 Å². The van der Waals surface area contributed by atoms with Crippen molar-refractivity contribution in [1.82, 2.24) is 0 Å². The molecule has 0 aliphatic rings. The number of Topliss-reactive ketones (excluding diaryl/α,β-unsaturated/α-hetero) is 1. The minimum Gasteiger partial charge on any atom is -0.319 e. The standard InChI is InChI=1S/C13H11NO2S/c1-9-4-6-10(7-5-9)14-13(16)12(15)11-3-2-8-17-11/h2-8H,1H3,(H,14,16). The summed E-state index contributed by atoms with van der Waals surface area (Å²) in [6.07, 6.45) is 0. The van der Waals surface area contributed by atoms with Crippen LogP contribution in [0.1, 0.15) is 15.2 Å². The fourth-order valence-electron chi connectivity index (χ4n) is 1.34. The first kappa shape index (κ1) is 11.5. The van der Waals surface area contributed by atoms with E-state index in [0.29, 0.717) is 10.6 Å². The molecule has 1 amide bonds. The average Bonchev–Trinajstić information content (AvgIpc) is 2.84. The molecule has 0 saturated heterocycles. The molecule has 0 unspecified atom stereocenters. The van der Waals surface area contributed by atoms with Crippen molar-refractivity contribution in [2.24, 2.45) is 0 Å². The molecule has 17 heavy (non-hydrogen) atoms. The highest BCUT2D eigenvalue weighted by Gasteiger charge is 2.16. The molecule has 4 heteroatoms. The van der Waals surface area contributed by atoms with Crippen LogP contribution in [0, 0.1) is 6.92 Å². The summed E-state index contributed by atoms with van der Waals surface area (Å²) < 4.78 is 0. The Hall–Kier alpha value is -1.94. The number of anilines is 1. The van der Waals surface area contributed by atoms with Gasteiger partial charge in [-0.15, -0.1) is 11.3 Å². The van der Waals surface area contributed by atoms with Crippen molar-refractivity contribution < 1.29 is 9.59 Å². The first-order chi connectivity index (χ1) is 8.16. The largest absolute Gasteiger partial charge is 0.319 e. The molecule has 0 aliphatic carbocycles. The lowest BCUT2D eigenvalue weighted by atomic mass is 10.2. The number of hydrogen-bond donors (Lipinski definition) is 1. The van der Waals surface area contributed by atoms with Gasteiger partial charge in [-0.1, -0.05) is 23.8 Å². The van der Waals surface area contributed by atoms with Crippen LogP contribution in [0.25, 0.3) is 0 Å². The number of carbonyl (C=O) groups excluding carboxylic acids is 2. The number of ketones is 1. The Bertz CT molecular complexity index is 529. The maximum absolute atomic E-state index is 11.7. The van der Waals surface area contributed by atoms with E-state index >= 15 is 0 Å². The van der Waals surface area contributed by atoms with Gasteiger partial charge in [0.25, 0.3) is 11.7 Å². The lowest BCUT2D eigenvalue weighted by molar-refractivity contribution is -0.112. The van der Waals surface area contributed by atoms with Crippen LogP contribution < -0.4 is 5.32 Å². The van der Waals surface area contributed by atoms with E-state index in [9.17, 15) is 9.59 Å². The van der Waals surface area contributed by atoms with Crippen molar-refractivity contribution in [2.75, 3.05) is 5.32 Å². The second-order valence-electron chi connectivity index (χ2n) is 3.63. The SMILES string of the molecule is Cc1ccc(NC(=O)C(=O)c2cccs2)cc1. The van der Waals surface area contributed by atoms with Crippen LogP contribution in [0.5, 0.6) is 0 Å². The molecule has 1 aromatic carbocycles. The van der Waals surface area contributed by atoms with Crippen molar-refractivity contribution in [3.63, 3.8) is 0 Å². The van der Waals surface area contributed by atoms with Gasteiger partial charge in [-0.05, 0) is 30.5 Å². The van der Waals surface area contributed by atoms with Gasteiger partial charge in [0.1, 0.15) is 0 Å². The molecule has 3 nitrogen and oxygen atoms in total. The Morgan fingerprint density at radius 3 is 2.41 bits per heavy atom. The maximum Gasteiger partial charge on any atom is 0.297 e. The quantitative estimate of drug-likeness (QED) is 0.667. The van der Waals surface area contributed by atoms with Gasteiger partial charge in [-0.3, -0.25) is 9.59 Å². The van der Waals surface area contributed by atoms with Crippen molar-refractivity contribution in [1.29, 1.82) is 0 Å². The number of amides is 1. The zero-order chi connectivity index (χ0) is 12.3. The van der Waals surface area contributed by atoms with E-state index in [2.05, 4.69) is 5.32 Å². The Kier molecular flexibility index (Phi) is 3.35. The summed E-state index contributed by atoms with van der Waals surface area (Å²) in [5.41, 5.74) is 1.73. The van der Waals surface area contributed by atoms with E-state index < -0.39 is 11.7 Å². The zero-order valence-corrected chi connectivity index (χ0v) is 10.1. The Morgan fingerprint density at radius 2 is 1.82 bits per heavy atom. The van der Waals surface area contributed by atoms with Crippen molar-refractivity contribution >= 4 is 28.7 Å². The summed E-state index contributed by atoms with van der Waals surface area (Å²) in [4.78, 5) is 23.8. The van der Waals surface area contributed by atoms with Crippen molar-refractivity contribution in [3.05, 3.63) is 52.2 Å². The van der Waals surface area contributed by atoms with Crippen molar-refractivity contribution in [2.45, 2.75) is 6.92 Å². The molecule has 0 spiro atoms. The minimum atomic E-state index is -0.601. The summed E-state index contributed by atoms with van der Waals surface area (Å²) in [6, 6.07) is 10.7. The smallest absolute Gasteiger partial charge is 0.297 e. The summed E-state index contributed by atoms with van der Waals surface area (Å²) in [6.45, 7) is 1.96. The Balaban J connectivity index is 2.07. The van der Waals surface area contributed by atoms with Gasteiger partial charge >= 0.3 is 0 Å². The van der Waals surface area contributed by atoms with Gasteiger partial charge in [-0.25, -0.2) is 0 Å². The predicted molar refractivity (Wildman–Crippen MR) is 68.5 cm³/mol. The fraction of sp³-hybridized carbons (Fsp3) is 0.0769. The topological polar surface area (TPSA) is 46.2 Å². The molecular weight excluding hydrogens is 234 g/mol. The van der Waals surface area contributed by atoms with Gasteiger partial charge in [0.2, 0.25) is 0 Å². The molecule has 1 heterocycles. The minimum absolute atomic E-state index is 0.453. The summed E-state index contributed by atoms with van der Waals surface area (Å²) >= 11 is 1.26. The molecule has 0 aliphatic heterocycles. The van der Waals surface area contributed by atoms with Gasteiger partial charge in [0, 0.05) is 5.69 Å². The van der Waals surface area contributed by atoms with Crippen LogP contribution in [0.3, 0.4) is 0 Å². The fourth-order valence-corrected chi connectivity index (χ4v) is 2.01. The number of nitrogens with one attached hydrogen (secondary N) is 1. The van der Waals surface area contributed by atoms with Gasteiger partial charge in [-0.2, -0.15) is 0 Å². The van der Waals surface area contributed by atoms with E-state index in [4.69, 9.17) is 0 Å². The third-order valence-electron chi connectivity index (χ3n) is 2.26. The number of carbonyl (C=O) groups is 2. The number of aryl methyl sites for hydroxylation is 1. The van der Waals surface area contributed by atoms with Crippen LogP contribution in [0.2, 0.25) is 0 Å². The maximum atomic E-state index is 11.7. The summed E-state index contributed by atoms with van der Waals surface area (Å²) in [5, 5.41) is 4.35. The monoisotopic (exact) mass is 245 g/mol. The van der Waals surface area contributed by atoms with E-state index in [0.717, 1.165) is 5.56 Å². The van der Waals surface area contributed by atoms with E-state index in [1.165, 1.54) is 11.3 Å². The van der Waals surface area contributed by atoms with Crippen LogP contribution >= 0.6 is 11.3 Å². The molecule has 86 valence electrons. The molecule has 2 rings (SSSR count). The number of benzene rings is 1. The van der Waals surface area contributed by atoms with E-state index in [-0.39, 0.29) is 0 Å². The molecule has 0 fully saturated rings. The second-order valence-corrected chi connectivity index (χ2v) is 4.57. The first-order valence-electron chi connectivity index (χ1n) is 5.12. The molecule has 2 aromatic rings. The van der Waals surface area contributed by atoms with Crippen LogP contribution in [0.15, 0.2) is 41.8 Å². The molecule has 1 aromatic heterocycles. The van der Waals surface area contributed by atoms with Crippen molar-refractivity contribution in [3.8, 4) is 0 Å². The molecule has 0 atom stereocenters. The van der Waals surface area contributed by atoms with Crippen LogP contribution in [-0.4, -0.2) is 11.7 Å². The molecule has 1 N–H and O–H groups in total. The molecule has 0 bridgehead atoms. The number of hydrogen-bond acceptors (Lipinski definition) is 3. The second kappa shape index (κ2) is 4.93. The molecule has 0 radical (unpaired) electrons. The first-order valence-corrected chi connectivity index (χ1v) is 6.00. The van der Waals surface area contributed by atoms with Crippen LogP contribution in [-0.2, 0) is 4.79 Å².